The maximum absolute atomic E-state index is 2.78. The number of rotatable bonds is 3. The molecule has 0 radical (unpaired) electrons. The topological polar surface area (TPSA) is 3.24 Å². The average molecular weight is 203 g/mol. The van der Waals surface area contributed by atoms with E-state index in [1.54, 1.807) is 0 Å². The van der Waals surface area contributed by atoms with E-state index in [-0.39, 0.29) is 0 Å². The van der Waals surface area contributed by atoms with E-state index in [1.807, 2.05) is 0 Å². The molecule has 0 atom stereocenters. The van der Waals surface area contributed by atoms with Crippen molar-refractivity contribution in [2.45, 2.75) is 52.6 Å². The Hall–Kier alpha value is 0.310. The maximum Gasteiger partial charge on any atom is 0.0133 e. The van der Waals surface area contributed by atoms with Crippen molar-refractivity contribution in [1.29, 1.82) is 0 Å². The van der Waals surface area contributed by atoms with E-state index >= 15 is 0 Å². The van der Waals surface area contributed by atoms with Crippen LogP contribution in [0.4, 0.5) is 0 Å². The minimum Gasteiger partial charge on any atom is -0.263 e. The highest BCUT2D eigenvalue weighted by Crippen LogP contribution is 2.55. The van der Waals surface area contributed by atoms with Gasteiger partial charge in [-0.3, -0.25) is 4.31 Å². The summed E-state index contributed by atoms with van der Waals surface area (Å²) >= 11 is 0. The van der Waals surface area contributed by atoms with Crippen LogP contribution in [0, 0.1) is 0 Å². The van der Waals surface area contributed by atoms with Crippen LogP contribution in [-0.2, 0) is 0 Å². The molecule has 1 aliphatic heterocycles. The molecule has 1 fully saturated rings. The van der Waals surface area contributed by atoms with E-state index in [0.717, 1.165) is 12.1 Å². The molecular weight excluding hydrogens is 178 g/mol. The Morgan fingerprint density at radius 3 is 1.62 bits per heavy atom. The van der Waals surface area contributed by atoms with Crippen molar-refractivity contribution in [2.24, 2.45) is 0 Å². The zero-order chi connectivity index (χ0) is 10.1. The Morgan fingerprint density at radius 1 is 0.923 bits per heavy atom. The Labute approximate surface area is 85.3 Å². The van der Waals surface area contributed by atoms with Crippen LogP contribution in [0.3, 0.4) is 0 Å². The molecule has 1 saturated heterocycles. The molecule has 0 N–H and O–H groups in total. The molecule has 0 saturated carbocycles. The molecule has 0 spiro atoms. The normalized spacial score (nSPS) is 24.6. The predicted molar refractivity (Wildman–Crippen MR) is 64.6 cm³/mol. The van der Waals surface area contributed by atoms with Gasteiger partial charge >= 0.3 is 0 Å². The first-order valence-corrected chi connectivity index (χ1v) is 7.83. The van der Waals surface area contributed by atoms with Crippen LogP contribution in [0.5, 0.6) is 0 Å². The third-order valence-electron chi connectivity index (χ3n) is 2.95. The van der Waals surface area contributed by atoms with Gasteiger partial charge in [0, 0.05) is 12.1 Å². The fraction of sp³-hybridized carbons (Fsp3) is 1.00. The molecule has 0 amide bonds. The van der Waals surface area contributed by atoms with Crippen LogP contribution >= 0.6 is 10.2 Å². The van der Waals surface area contributed by atoms with Crippen LogP contribution in [-0.4, -0.2) is 34.2 Å². The van der Waals surface area contributed by atoms with E-state index < -0.39 is 10.2 Å². The Balaban J connectivity index is 2.73. The van der Waals surface area contributed by atoms with E-state index in [4.69, 9.17) is 0 Å². The zero-order valence-corrected chi connectivity index (χ0v) is 10.7. The van der Waals surface area contributed by atoms with Gasteiger partial charge in [-0.1, -0.05) is 0 Å². The first-order chi connectivity index (χ1) is 5.97. The van der Waals surface area contributed by atoms with E-state index in [0.29, 0.717) is 0 Å². The highest BCUT2D eigenvalue weighted by Gasteiger charge is 2.33. The van der Waals surface area contributed by atoms with Gasteiger partial charge in [0.15, 0.2) is 0 Å². The first kappa shape index (κ1) is 11.4. The summed E-state index contributed by atoms with van der Waals surface area (Å²) in [5.41, 5.74) is 0. The molecule has 0 unspecified atom stereocenters. The van der Waals surface area contributed by atoms with Gasteiger partial charge in [0.05, 0.1) is 0 Å². The van der Waals surface area contributed by atoms with Gasteiger partial charge in [0.1, 0.15) is 0 Å². The molecule has 0 aromatic rings. The lowest BCUT2D eigenvalue weighted by molar-refractivity contribution is 0.327. The van der Waals surface area contributed by atoms with E-state index in [2.05, 4.69) is 38.3 Å². The lowest BCUT2D eigenvalue weighted by Gasteiger charge is -2.48. The average Bonchev–Trinajstić information content (AvgIpc) is 2.33. The van der Waals surface area contributed by atoms with Crippen molar-refractivity contribution in [3.8, 4) is 0 Å². The van der Waals surface area contributed by atoms with Crippen molar-refractivity contribution in [3.63, 3.8) is 0 Å². The van der Waals surface area contributed by atoms with Crippen LogP contribution in [0.15, 0.2) is 0 Å². The molecule has 1 rings (SSSR count). The summed E-state index contributed by atoms with van der Waals surface area (Å²) in [6.45, 7) is 9.38. The van der Waals surface area contributed by atoms with Crippen molar-refractivity contribution in [3.05, 3.63) is 0 Å². The van der Waals surface area contributed by atoms with Crippen LogP contribution in [0.2, 0.25) is 0 Å². The molecule has 0 aromatic carbocycles. The highest BCUT2D eigenvalue weighted by molar-refractivity contribution is 8.31. The van der Waals surface area contributed by atoms with Gasteiger partial charge in [-0.05, 0) is 58.3 Å². The highest BCUT2D eigenvalue weighted by atomic mass is 32.3. The Bertz CT molecular complexity index is 151. The first-order valence-electron chi connectivity index (χ1n) is 5.49. The van der Waals surface area contributed by atoms with Crippen LogP contribution < -0.4 is 0 Å². The Kier molecular flexibility index (Phi) is 3.70. The fourth-order valence-electron chi connectivity index (χ4n) is 2.75. The molecule has 80 valence electrons. The third-order valence-corrected chi connectivity index (χ3v) is 7.14. The van der Waals surface area contributed by atoms with Gasteiger partial charge in [-0.2, -0.15) is 10.2 Å². The SMILES string of the molecule is CC(C)N(C(C)C)S1(C)CCCC1. The van der Waals surface area contributed by atoms with E-state index in [1.165, 1.54) is 24.3 Å². The summed E-state index contributed by atoms with van der Waals surface area (Å²) in [5.74, 6) is 2.95. The van der Waals surface area contributed by atoms with Crippen LogP contribution in [0.25, 0.3) is 0 Å². The molecule has 1 nitrogen and oxygen atoms in total. The third kappa shape index (κ3) is 2.41. The molecule has 0 aliphatic carbocycles. The summed E-state index contributed by atoms with van der Waals surface area (Å²) in [6, 6.07) is 1.44. The molecule has 0 bridgehead atoms. The second kappa shape index (κ2) is 4.22. The summed E-state index contributed by atoms with van der Waals surface area (Å²) in [7, 11) is -0.410. The van der Waals surface area contributed by atoms with Gasteiger partial charge in [0.2, 0.25) is 0 Å². The van der Waals surface area contributed by atoms with Gasteiger partial charge in [-0.25, -0.2) is 0 Å². The van der Waals surface area contributed by atoms with E-state index in [9.17, 15) is 0 Å². The minimum absolute atomic E-state index is 0.410. The van der Waals surface area contributed by atoms with Gasteiger partial charge in [0.25, 0.3) is 0 Å². The second-order valence-electron chi connectivity index (χ2n) is 4.88. The minimum atomic E-state index is -0.410. The number of hydrogen-bond acceptors (Lipinski definition) is 1. The maximum atomic E-state index is 2.78. The summed E-state index contributed by atoms with van der Waals surface area (Å²) in [4.78, 5) is 0. The number of hydrogen-bond donors (Lipinski definition) is 0. The Morgan fingerprint density at radius 2 is 1.31 bits per heavy atom. The largest absolute Gasteiger partial charge is 0.263 e. The van der Waals surface area contributed by atoms with Crippen LogP contribution in [0.1, 0.15) is 40.5 Å². The van der Waals surface area contributed by atoms with Crippen molar-refractivity contribution >= 4 is 10.2 Å². The quantitative estimate of drug-likeness (QED) is 0.680. The molecule has 2 heteroatoms. The molecule has 1 aliphatic rings. The smallest absolute Gasteiger partial charge is 0.0133 e. The second-order valence-corrected chi connectivity index (χ2v) is 8.57. The van der Waals surface area contributed by atoms with Crippen molar-refractivity contribution < 1.29 is 0 Å². The summed E-state index contributed by atoms with van der Waals surface area (Å²) < 4.78 is 2.78. The monoisotopic (exact) mass is 203 g/mol. The lowest BCUT2D eigenvalue weighted by Crippen LogP contribution is -2.39. The van der Waals surface area contributed by atoms with Crippen molar-refractivity contribution in [2.75, 3.05) is 17.8 Å². The molecule has 0 aromatic heterocycles. The van der Waals surface area contributed by atoms with Gasteiger partial charge in [-0.15, -0.1) is 0 Å². The zero-order valence-electron chi connectivity index (χ0n) is 9.84. The summed E-state index contributed by atoms with van der Waals surface area (Å²) in [6.07, 6.45) is 5.45. The van der Waals surface area contributed by atoms with Gasteiger partial charge < -0.3 is 0 Å². The molecular formula is C11H25NS. The molecule has 1 heterocycles. The fourth-order valence-corrected chi connectivity index (χ4v) is 7.07. The standard InChI is InChI=1S/C11H25NS/c1-10(2)12(11(3)4)13(5)8-6-7-9-13/h10-11H,6-9H2,1-5H3. The summed E-state index contributed by atoms with van der Waals surface area (Å²) in [5, 5.41) is 0. The molecule has 13 heavy (non-hydrogen) atoms. The number of nitrogens with zero attached hydrogens (tertiary/aromatic N) is 1. The van der Waals surface area contributed by atoms with Crippen molar-refractivity contribution in [1.82, 2.24) is 4.31 Å². The predicted octanol–water partition coefficient (Wildman–Crippen LogP) is 3.25. The lowest BCUT2D eigenvalue weighted by atomic mass is 10.3.